The van der Waals surface area contributed by atoms with E-state index in [4.69, 9.17) is 0 Å². The molecule has 0 aliphatic heterocycles. The number of aromatic nitrogens is 3. The second-order valence-electron chi connectivity index (χ2n) is 4.23. The van der Waals surface area contributed by atoms with Crippen molar-refractivity contribution in [3.8, 4) is 0 Å². The molecule has 0 radical (unpaired) electrons. The van der Waals surface area contributed by atoms with Crippen LogP contribution in [0, 0.1) is 6.92 Å². The van der Waals surface area contributed by atoms with Crippen molar-refractivity contribution < 1.29 is 4.79 Å². The van der Waals surface area contributed by atoms with Crippen molar-refractivity contribution in [1.82, 2.24) is 14.8 Å². The predicted molar refractivity (Wildman–Crippen MR) is 69.1 cm³/mol. The quantitative estimate of drug-likeness (QED) is 0.890. The van der Waals surface area contributed by atoms with Crippen LogP contribution in [0.25, 0.3) is 0 Å². The van der Waals surface area contributed by atoms with Crippen LogP contribution in [0.3, 0.4) is 0 Å². The van der Waals surface area contributed by atoms with E-state index >= 15 is 0 Å². The molecule has 2 aromatic rings. The van der Waals surface area contributed by atoms with Gasteiger partial charge in [0, 0.05) is 25.4 Å². The smallest absolute Gasteiger partial charge is 0.225 e. The molecule has 2 heterocycles. The topological polar surface area (TPSA) is 59.8 Å². The standard InChI is InChI=1S/C13H16N4O/c1-10-4-3-5-12(15-10)16-13(18)7-6-11-8-14-17(2)9-11/h3-5,8-9H,6-7H2,1-2H3,(H,15,16,18). The normalized spacial score (nSPS) is 10.3. The summed E-state index contributed by atoms with van der Waals surface area (Å²) in [5.41, 5.74) is 1.95. The molecule has 94 valence electrons. The third kappa shape index (κ3) is 3.41. The maximum atomic E-state index is 11.7. The van der Waals surface area contributed by atoms with Gasteiger partial charge >= 0.3 is 0 Å². The van der Waals surface area contributed by atoms with Crippen LogP contribution in [0.15, 0.2) is 30.6 Å². The van der Waals surface area contributed by atoms with E-state index < -0.39 is 0 Å². The first-order valence-corrected chi connectivity index (χ1v) is 5.84. The van der Waals surface area contributed by atoms with Gasteiger partial charge in [-0.25, -0.2) is 4.98 Å². The number of carbonyl (C=O) groups is 1. The Morgan fingerprint density at radius 3 is 2.94 bits per heavy atom. The van der Waals surface area contributed by atoms with E-state index in [1.54, 1.807) is 16.9 Å². The zero-order chi connectivity index (χ0) is 13.0. The maximum absolute atomic E-state index is 11.7. The zero-order valence-corrected chi connectivity index (χ0v) is 10.6. The highest BCUT2D eigenvalue weighted by molar-refractivity contribution is 5.89. The van der Waals surface area contributed by atoms with E-state index in [-0.39, 0.29) is 5.91 Å². The summed E-state index contributed by atoms with van der Waals surface area (Å²) in [5.74, 6) is 0.572. The Balaban J connectivity index is 1.85. The largest absolute Gasteiger partial charge is 0.311 e. The lowest BCUT2D eigenvalue weighted by molar-refractivity contribution is -0.116. The second kappa shape index (κ2) is 5.44. The molecule has 0 saturated heterocycles. The van der Waals surface area contributed by atoms with E-state index in [2.05, 4.69) is 15.4 Å². The van der Waals surface area contributed by atoms with Gasteiger partial charge in [-0.2, -0.15) is 5.10 Å². The Hall–Kier alpha value is -2.17. The summed E-state index contributed by atoms with van der Waals surface area (Å²) >= 11 is 0. The van der Waals surface area contributed by atoms with Gasteiger partial charge in [-0.1, -0.05) is 6.07 Å². The van der Waals surface area contributed by atoms with Gasteiger partial charge < -0.3 is 5.32 Å². The van der Waals surface area contributed by atoms with Gasteiger partial charge in [0.05, 0.1) is 6.20 Å². The van der Waals surface area contributed by atoms with Crippen molar-refractivity contribution in [3.63, 3.8) is 0 Å². The molecule has 0 unspecified atom stereocenters. The predicted octanol–water partition coefficient (Wildman–Crippen LogP) is 1.69. The number of hydrogen-bond donors (Lipinski definition) is 1. The third-order valence-electron chi connectivity index (χ3n) is 2.55. The van der Waals surface area contributed by atoms with Crippen molar-refractivity contribution in [3.05, 3.63) is 41.9 Å². The lowest BCUT2D eigenvalue weighted by Gasteiger charge is -2.04. The zero-order valence-electron chi connectivity index (χ0n) is 10.6. The van der Waals surface area contributed by atoms with Crippen LogP contribution in [-0.2, 0) is 18.3 Å². The Kier molecular flexibility index (Phi) is 3.72. The fraction of sp³-hybridized carbons (Fsp3) is 0.308. The van der Waals surface area contributed by atoms with Crippen molar-refractivity contribution in [2.24, 2.45) is 7.05 Å². The first kappa shape index (κ1) is 12.3. The lowest BCUT2D eigenvalue weighted by Crippen LogP contribution is -2.13. The molecule has 0 aliphatic carbocycles. The number of rotatable bonds is 4. The minimum Gasteiger partial charge on any atom is -0.311 e. The van der Waals surface area contributed by atoms with E-state index in [1.807, 2.05) is 32.3 Å². The molecule has 5 heteroatoms. The number of aryl methyl sites for hydroxylation is 3. The molecule has 1 amide bonds. The Labute approximate surface area is 106 Å². The van der Waals surface area contributed by atoms with E-state index in [0.29, 0.717) is 18.7 Å². The summed E-state index contributed by atoms with van der Waals surface area (Å²) in [7, 11) is 1.86. The van der Waals surface area contributed by atoms with Gasteiger partial charge in [-0.15, -0.1) is 0 Å². The molecule has 1 N–H and O–H groups in total. The number of nitrogens with zero attached hydrogens (tertiary/aromatic N) is 3. The molecule has 0 bridgehead atoms. The lowest BCUT2D eigenvalue weighted by atomic mass is 10.2. The molecule has 5 nitrogen and oxygen atoms in total. The number of anilines is 1. The molecule has 2 aromatic heterocycles. The summed E-state index contributed by atoms with van der Waals surface area (Å²) in [6.07, 6.45) is 4.81. The fourth-order valence-corrected chi connectivity index (χ4v) is 1.68. The number of carbonyl (C=O) groups excluding carboxylic acids is 1. The number of pyridine rings is 1. The number of amides is 1. The third-order valence-corrected chi connectivity index (χ3v) is 2.55. The van der Waals surface area contributed by atoms with Crippen molar-refractivity contribution >= 4 is 11.7 Å². The average Bonchev–Trinajstić information content (AvgIpc) is 2.73. The molecule has 0 saturated carbocycles. The van der Waals surface area contributed by atoms with Crippen molar-refractivity contribution in [2.45, 2.75) is 19.8 Å². The van der Waals surface area contributed by atoms with Crippen LogP contribution in [0.1, 0.15) is 17.7 Å². The Morgan fingerprint density at radius 1 is 1.44 bits per heavy atom. The second-order valence-corrected chi connectivity index (χ2v) is 4.23. The van der Waals surface area contributed by atoms with Gasteiger partial charge in [-0.05, 0) is 31.0 Å². The van der Waals surface area contributed by atoms with Crippen molar-refractivity contribution in [1.29, 1.82) is 0 Å². The Bertz CT molecular complexity index is 547. The highest BCUT2D eigenvalue weighted by Gasteiger charge is 2.05. The van der Waals surface area contributed by atoms with Crippen molar-refractivity contribution in [2.75, 3.05) is 5.32 Å². The number of nitrogens with one attached hydrogen (secondary N) is 1. The fourth-order valence-electron chi connectivity index (χ4n) is 1.68. The summed E-state index contributed by atoms with van der Waals surface area (Å²) < 4.78 is 1.73. The van der Waals surface area contributed by atoms with Gasteiger partial charge in [0.1, 0.15) is 5.82 Å². The van der Waals surface area contributed by atoms with Crippen LogP contribution in [0.5, 0.6) is 0 Å². The SMILES string of the molecule is Cc1cccc(NC(=O)CCc2cnn(C)c2)n1. The monoisotopic (exact) mass is 244 g/mol. The van der Waals surface area contributed by atoms with Gasteiger partial charge in [0.15, 0.2) is 0 Å². The van der Waals surface area contributed by atoms with Crippen LogP contribution < -0.4 is 5.32 Å². The highest BCUT2D eigenvalue weighted by atomic mass is 16.1. The molecule has 2 rings (SSSR count). The molecule has 0 aromatic carbocycles. The summed E-state index contributed by atoms with van der Waals surface area (Å²) in [6.45, 7) is 1.89. The number of hydrogen-bond acceptors (Lipinski definition) is 3. The summed E-state index contributed by atoms with van der Waals surface area (Å²) in [4.78, 5) is 15.9. The van der Waals surface area contributed by atoms with Crippen LogP contribution >= 0.6 is 0 Å². The van der Waals surface area contributed by atoms with E-state index in [1.165, 1.54) is 0 Å². The first-order valence-electron chi connectivity index (χ1n) is 5.84. The van der Waals surface area contributed by atoms with Crippen LogP contribution in [-0.4, -0.2) is 20.7 Å². The molecule has 0 atom stereocenters. The van der Waals surface area contributed by atoms with Crippen LogP contribution in [0.4, 0.5) is 5.82 Å². The average molecular weight is 244 g/mol. The molecule has 0 aliphatic rings. The van der Waals surface area contributed by atoms with Crippen LogP contribution in [0.2, 0.25) is 0 Å². The Morgan fingerprint density at radius 2 is 2.28 bits per heavy atom. The first-order chi connectivity index (χ1) is 8.63. The van der Waals surface area contributed by atoms with Gasteiger partial charge in [-0.3, -0.25) is 9.48 Å². The summed E-state index contributed by atoms with van der Waals surface area (Å²) in [6, 6.07) is 5.55. The summed E-state index contributed by atoms with van der Waals surface area (Å²) in [5, 5.41) is 6.85. The van der Waals surface area contributed by atoms with E-state index in [9.17, 15) is 4.79 Å². The minimum atomic E-state index is -0.0306. The van der Waals surface area contributed by atoms with Gasteiger partial charge in [0.2, 0.25) is 5.91 Å². The maximum Gasteiger partial charge on any atom is 0.225 e. The molecular formula is C13H16N4O. The molecular weight excluding hydrogens is 228 g/mol. The van der Waals surface area contributed by atoms with E-state index in [0.717, 1.165) is 11.3 Å². The highest BCUT2D eigenvalue weighted by Crippen LogP contribution is 2.06. The minimum absolute atomic E-state index is 0.0306. The molecule has 0 fully saturated rings. The molecule has 18 heavy (non-hydrogen) atoms. The molecule has 0 spiro atoms. The van der Waals surface area contributed by atoms with Gasteiger partial charge in [0.25, 0.3) is 0 Å².